The highest BCUT2D eigenvalue weighted by molar-refractivity contribution is 9.10. The molecule has 1 aromatic carbocycles. The van der Waals surface area contributed by atoms with Gasteiger partial charge in [0, 0.05) is 13.1 Å². The fourth-order valence-electron chi connectivity index (χ4n) is 1.58. The van der Waals surface area contributed by atoms with Gasteiger partial charge in [0.2, 0.25) is 0 Å². The van der Waals surface area contributed by atoms with E-state index in [4.69, 9.17) is 15.2 Å². The largest absolute Gasteiger partial charge is 0.493 e. The van der Waals surface area contributed by atoms with E-state index in [1.54, 1.807) is 13.0 Å². The smallest absolute Gasteiger partial charge is 0.255 e. The number of aliphatic hydroxyl groups is 1. The molecule has 0 heterocycles. The Morgan fingerprint density at radius 1 is 1.55 bits per heavy atom. The van der Waals surface area contributed by atoms with Crippen molar-refractivity contribution in [3.05, 3.63) is 22.2 Å². The molecule has 0 aliphatic heterocycles. The zero-order valence-electron chi connectivity index (χ0n) is 11.5. The number of carbonyl (C=O) groups excluding carboxylic acids is 1. The second-order valence-corrected chi connectivity index (χ2v) is 5.20. The molecule has 1 rings (SSSR count). The number of benzene rings is 1. The minimum absolute atomic E-state index is 0.214. The van der Waals surface area contributed by atoms with Crippen LogP contribution in [-0.4, -0.2) is 37.4 Å². The molecule has 1 atom stereocenters. The summed E-state index contributed by atoms with van der Waals surface area (Å²) in [7, 11) is 1.52. The first-order valence-electron chi connectivity index (χ1n) is 6.10. The van der Waals surface area contributed by atoms with E-state index in [1.807, 2.05) is 6.07 Å². The minimum atomic E-state index is -0.554. The van der Waals surface area contributed by atoms with Crippen LogP contribution in [0.15, 0.2) is 16.6 Å². The number of methoxy groups -OCH3 is 1. The molecule has 7 heteroatoms. The number of carbonyl (C=O) groups is 1. The van der Waals surface area contributed by atoms with Crippen molar-refractivity contribution < 1.29 is 19.4 Å². The maximum Gasteiger partial charge on any atom is 0.255 e. The number of ether oxygens (including phenoxy) is 2. The molecule has 0 saturated carbocycles. The second kappa shape index (κ2) is 8.08. The molecule has 6 nitrogen and oxygen atoms in total. The van der Waals surface area contributed by atoms with Gasteiger partial charge in [-0.05, 0) is 40.5 Å². The molecule has 0 spiro atoms. The van der Waals surface area contributed by atoms with E-state index in [0.717, 1.165) is 5.56 Å². The maximum absolute atomic E-state index is 10.8. The van der Waals surface area contributed by atoms with Crippen LogP contribution < -0.4 is 20.5 Å². The van der Waals surface area contributed by atoms with Crippen molar-refractivity contribution in [2.45, 2.75) is 19.6 Å². The summed E-state index contributed by atoms with van der Waals surface area (Å²) < 4.78 is 11.2. The Labute approximate surface area is 126 Å². The third kappa shape index (κ3) is 5.36. The average molecular weight is 347 g/mol. The van der Waals surface area contributed by atoms with E-state index in [0.29, 0.717) is 29.1 Å². The molecule has 0 bridgehead atoms. The molecular weight excluding hydrogens is 328 g/mol. The fourth-order valence-corrected chi connectivity index (χ4v) is 2.19. The summed E-state index contributed by atoms with van der Waals surface area (Å²) in [4.78, 5) is 10.8. The molecule has 0 aliphatic rings. The molecule has 4 N–H and O–H groups in total. The first-order chi connectivity index (χ1) is 9.43. The van der Waals surface area contributed by atoms with Crippen LogP contribution in [0.1, 0.15) is 12.5 Å². The van der Waals surface area contributed by atoms with Crippen molar-refractivity contribution in [1.82, 2.24) is 5.32 Å². The monoisotopic (exact) mass is 346 g/mol. The van der Waals surface area contributed by atoms with Gasteiger partial charge in [0.05, 0.1) is 17.7 Å². The average Bonchev–Trinajstić information content (AvgIpc) is 2.36. The summed E-state index contributed by atoms with van der Waals surface area (Å²) in [5.41, 5.74) is 6.01. The number of amides is 1. The highest BCUT2D eigenvalue weighted by atomic mass is 79.9. The van der Waals surface area contributed by atoms with Crippen LogP contribution >= 0.6 is 15.9 Å². The summed E-state index contributed by atoms with van der Waals surface area (Å²) in [5, 5.41) is 12.3. The number of halogens is 1. The number of rotatable bonds is 8. The van der Waals surface area contributed by atoms with Crippen LogP contribution in [0, 0.1) is 0 Å². The van der Waals surface area contributed by atoms with Crippen LogP contribution in [0.2, 0.25) is 0 Å². The van der Waals surface area contributed by atoms with Crippen LogP contribution in [0.25, 0.3) is 0 Å². The predicted molar refractivity (Wildman–Crippen MR) is 78.8 cm³/mol. The van der Waals surface area contributed by atoms with Gasteiger partial charge >= 0.3 is 0 Å². The lowest BCUT2D eigenvalue weighted by atomic mass is 10.2. The van der Waals surface area contributed by atoms with E-state index >= 15 is 0 Å². The van der Waals surface area contributed by atoms with E-state index in [1.165, 1.54) is 7.11 Å². The molecule has 1 amide bonds. The van der Waals surface area contributed by atoms with Gasteiger partial charge in [0.1, 0.15) is 0 Å². The summed E-state index contributed by atoms with van der Waals surface area (Å²) in [6.45, 7) is 2.58. The van der Waals surface area contributed by atoms with Crippen molar-refractivity contribution >= 4 is 21.8 Å². The highest BCUT2D eigenvalue weighted by Crippen LogP contribution is 2.36. The van der Waals surface area contributed by atoms with Crippen LogP contribution in [0.5, 0.6) is 11.5 Å². The second-order valence-electron chi connectivity index (χ2n) is 4.34. The molecule has 20 heavy (non-hydrogen) atoms. The molecule has 0 aromatic heterocycles. The van der Waals surface area contributed by atoms with Gasteiger partial charge < -0.3 is 25.6 Å². The maximum atomic E-state index is 10.8. The van der Waals surface area contributed by atoms with E-state index in [9.17, 15) is 9.90 Å². The fraction of sp³-hybridized carbons (Fsp3) is 0.462. The van der Waals surface area contributed by atoms with Crippen molar-refractivity contribution in [3.8, 4) is 11.5 Å². The zero-order valence-corrected chi connectivity index (χ0v) is 13.1. The SMILES string of the molecule is COc1cc(CNC[C@@H](C)O)cc(Br)c1OCC(N)=O. The molecule has 0 radical (unpaired) electrons. The van der Waals surface area contributed by atoms with Crippen LogP contribution in [0.4, 0.5) is 0 Å². The minimum Gasteiger partial charge on any atom is -0.493 e. The first-order valence-corrected chi connectivity index (χ1v) is 6.89. The highest BCUT2D eigenvalue weighted by Gasteiger charge is 2.12. The molecule has 112 valence electrons. The van der Waals surface area contributed by atoms with E-state index in [-0.39, 0.29) is 6.61 Å². The van der Waals surface area contributed by atoms with Crippen molar-refractivity contribution in [2.24, 2.45) is 5.73 Å². The van der Waals surface area contributed by atoms with Crippen molar-refractivity contribution in [2.75, 3.05) is 20.3 Å². The number of hydrogen-bond donors (Lipinski definition) is 3. The van der Waals surface area contributed by atoms with Crippen LogP contribution in [0.3, 0.4) is 0 Å². The number of hydrogen-bond acceptors (Lipinski definition) is 5. The third-order valence-electron chi connectivity index (χ3n) is 2.42. The number of nitrogens with two attached hydrogens (primary N) is 1. The van der Waals surface area contributed by atoms with Crippen molar-refractivity contribution in [3.63, 3.8) is 0 Å². The topological polar surface area (TPSA) is 93.8 Å². The molecule has 1 aromatic rings. The number of aliphatic hydroxyl groups excluding tert-OH is 1. The number of primary amides is 1. The Balaban J connectivity index is 2.81. The Bertz CT molecular complexity index is 466. The van der Waals surface area contributed by atoms with E-state index in [2.05, 4.69) is 21.2 Å². The normalized spacial score (nSPS) is 12.0. The lowest BCUT2D eigenvalue weighted by molar-refractivity contribution is -0.119. The zero-order chi connectivity index (χ0) is 15.1. The van der Waals surface area contributed by atoms with E-state index < -0.39 is 12.0 Å². The van der Waals surface area contributed by atoms with Gasteiger partial charge in [-0.15, -0.1) is 0 Å². The lowest BCUT2D eigenvalue weighted by Gasteiger charge is -2.14. The molecule has 0 saturated heterocycles. The summed E-state index contributed by atoms with van der Waals surface area (Å²) in [5.74, 6) is 0.390. The van der Waals surface area contributed by atoms with Crippen molar-refractivity contribution in [1.29, 1.82) is 0 Å². The van der Waals surface area contributed by atoms with Gasteiger partial charge in [0.25, 0.3) is 5.91 Å². The number of nitrogens with one attached hydrogen (secondary N) is 1. The Morgan fingerprint density at radius 2 is 2.25 bits per heavy atom. The Morgan fingerprint density at radius 3 is 2.80 bits per heavy atom. The summed E-state index contributed by atoms with van der Waals surface area (Å²) in [6.07, 6.45) is -0.404. The van der Waals surface area contributed by atoms with Gasteiger partial charge in [-0.25, -0.2) is 0 Å². The Kier molecular flexibility index (Phi) is 6.77. The molecule has 0 fully saturated rings. The standard InChI is InChI=1S/C13H19BrN2O4/c1-8(17)5-16-6-9-3-10(14)13(11(4-9)19-2)20-7-12(15)18/h3-4,8,16-17H,5-7H2,1-2H3,(H2,15,18)/t8-/m1/s1. The molecule has 0 aliphatic carbocycles. The molecular formula is C13H19BrN2O4. The van der Waals surface area contributed by atoms with Gasteiger partial charge in [-0.2, -0.15) is 0 Å². The van der Waals surface area contributed by atoms with Gasteiger partial charge in [0.15, 0.2) is 18.1 Å². The quantitative estimate of drug-likeness (QED) is 0.647. The first kappa shape index (κ1) is 16.7. The van der Waals surface area contributed by atoms with Crippen LogP contribution in [-0.2, 0) is 11.3 Å². The molecule has 0 unspecified atom stereocenters. The van der Waals surface area contributed by atoms with Gasteiger partial charge in [-0.1, -0.05) is 0 Å². The lowest BCUT2D eigenvalue weighted by Crippen LogP contribution is -2.24. The third-order valence-corrected chi connectivity index (χ3v) is 3.01. The summed E-state index contributed by atoms with van der Waals surface area (Å²) in [6, 6.07) is 3.66. The summed E-state index contributed by atoms with van der Waals surface area (Å²) >= 11 is 3.38. The van der Waals surface area contributed by atoms with Gasteiger partial charge in [-0.3, -0.25) is 4.79 Å². The Hall–Kier alpha value is -1.31. The predicted octanol–water partition coefficient (Wildman–Crippen LogP) is 0.792.